The molecule has 1 aromatic rings. The highest BCUT2D eigenvalue weighted by Gasteiger charge is 2.12. The number of hydrogen-bond donors (Lipinski definition) is 2. The van der Waals surface area contributed by atoms with E-state index in [1.165, 1.54) is 0 Å². The van der Waals surface area contributed by atoms with Gasteiger partial charge in [-0.3, -0.25) is 4.68 Å². The van der Waals surface area contributed by atoms with Crippen LogP contribution in [0.25, 0.3) is 0 Å². The average molecular weight is 215 g/mol. The molecule has 1 heterocycles. The molecule has 3 N–H and O–H groups in total. The Labute approximate surface area is 88.5 Å². The molecule has 0 radical (unpaired) electrons. The van der Waals surface area contributed by atoms with Crippen molar-refractivity contribution in [3.8, 4) is 0 Å². The lowest BCUT2D eigenvalue weighted by Gasteiger charge is -2.00. The van der Waals surface area contributed by atoms with Crippen molar-refractivity contribution in [1.82, 2.24) is 9.78 Å². The molecule has 0 aliphatic heterocycles. The molecular formula is C9H17N3OS. The summed E-state index contributed by atoms with van der Waals surface area (Å²) in [4.78, 5) is 0. The van der Waals surface area contributed by atoms with Crippen molar-refractivity contribution in [3.05, 3.63) is 5.69 Å². The molecule has 0 spiro atoms. The first-order chi connectivity index (χ1) is 6.70. The van der Waals surface area contributed by atoms with Gasteiger partial charge in [0.2, 0.25) is 0 Å². The first kappa shape index (κ1) is 11.4. The second-order valence-corrected chi connectivity index (χ2v) is 4.19. The fraction of sp³-hybridized carbons (Fsp3) is 0.667. The van der Waals surface area contributed by atoms with Gasteiger partial charge in [0.25, 0.3) is 0 Å². The van der Waals surface area contributed by atoms with Crippen LogP contribution in [0.4, 0.5) is 5.69 Å². The van der Waals surface area contributed by atoms with E-state index in [1.54, 1.807) is 16.4 Å². The predicted molar refractivity (Wildman–Crippen MR) is 59.4 cm³/mol. The van der Waals surface area contributed by atoms with E-state index in [0.29, 0.717) is 5.75 Å². The molecule has 1 aromatic heterocycles. The zero-order chi connectivity index (χ0) is 10.6. The van der Waals surface area contributed by atoms with E-state index in [0.717, 1.165) is 29.2 Å². The molecule has 0 aliphatic carbocycles. The number of aliphatic hydroxyl groups is 1. The zero-order valence-corrected chi connectivity index (χ0v) is 9.47. The fourth-order valence-electron chi connectivity index (χ4n) is 1.31. The van der Waals surface area contributed by atoms with Gasteiger partial charge < -0.3 is 10.8 Å². The number of thioether (sulfide) groups is 1. The molecule has 0 amide bonds. The van der Waals surface area contributed by atoms with Crippen molar-refractivity contribution in [2.45, 2.75) is 24.8 Å². The van der Waals surface area contributed by atoms with Crippen LogP contribution in [0.5, 0.6) is 0 Å². The van der Waals surface area contributed by atoms with E-state index in [1.807, 2.05) is 7.05 Å². The van der Waals surface area contributed by atoms with Crippen LogP contribution < -0.4 is 5.73 Å². The third-order valence-corrected chi connectivity index (χ3v) is 3.07. The van der Waals surface area contributed by atoms with Crippen molar-refractivity contribution < 1.29 is 5.11 Å². The van der Waals surface area contributed by atoms with Crippen molar-refractivity contribution in [2.75, 3.05) is 18.1 Å². The molecule has 80 valence electrons. The maximum atomic E-state index is 8.73. The molecule has 0 bridgehead atoms. The van der Waals surface area contributed by atoms with Gasteiger partial charge in [0.05, 0.1) is 18.0 Å². The number of hydrogen-bond acceptors (Lipinski definition) is 4. The highest BCUT2D eigenvalue weighted by Crippen LogP contribution is 2.27. The van der Waals surface area contributed by atoms with E-state index in [2.05, 4.69) is 12.0 Å². The van der Waals surface area contributed by atoms with E-state index in [9.17, 15) is 0 Å². The van der Waals surface area contributed by atoms with Gasteiger partial charge in [0, 0.05) is 12.8 Å². The van der Waals surface area contributed by atoms with Crippen LogP contribution >= 0.6 is 11.8 Å². The lowest BCUT2D eigenvalue weighted by Crippen LogP contribution is -1.96. The Kier molecular flexibility index (Phi) is 4.28. The Morgan fingerprint density at radius 2 is 2.29 bits per heavy atom. The number of nitrogens with two attached hydrogens (primary N) is 1. The molecule has 4 nitrogen and oxygen atoms in total. The second-order valence-electron chi connectivity index (χ2n) is 3.11. The summed E-state index contributed by atoms with van der Waals surface area (Å²) in [6, 6.07) is 0. The number of rotatable bonds is 5. The van der Waals surface area contributed by atoms with Crippen molar-refractivity contribution >= 4 is 17.4 Å². The van der Waals surface area contributed by atoms with Crippen LogP contribution in [0.1, 0.15) is 19.0 Å². The third-order valence-electron chi connectivity index (χ3n) is 1.92. The molecule has 0 aromatic carbocycles. The normalized spacial score (nSPS) is 10.8. The number of aryl methyl sites for hydroxylation is 2. The number of nitrogen functional groups attached to an aromatic ring is 1. The van der Waals surface area contributed by atoms with E-state index in [4.69, 9.17) is 10.8 Å². The van der Waals surface area contributed by atoms with E-state index >= 15 is 0 Å². The van der Waals surface area contributed by atoms with Crippen LogP contribution in [0, 0.1) is 0 Å². The van der Waals surface area contributed by atoms with Gasteiger partial charge in [-0.2, -0.15) is 5.10 Å². The monoisotopic (exact) mass is 215 g/mol. The molecule has 5 heteroatoms. The summed E-state index contributed by atoms with van der Waals surface area (Å²) < 4.78 is 1.79. The Morgan fingerprint density at radius 1 is 1.57 bits per heavy atom. The fourth-order valence-corrected chi connectivity index (χ4v) is 2.10. The lowest BCUT2D eigenvalue weighted by atomic mass is 10.2. The lowest BCUT2D eigenvalue weighted by molar-refractivity contribution is 0.322. The molecule has 0 saturated heterocycles. The Balaban J connectivity index is 2.81. The minimum atomic E-state index is 0.165. The average Bonchev–Trinajstić information content (AvgIpc) is 2.41. The molecule has 14 heavy (non-hydrogen) atoms. The summed E-state index contributed by atoms with van der Waals surface area (Å²) >= 11 is 1.55. The van der Waals surface area contributed by atoms with Crippen molar-refractivity contribution in [1.29, 1.82) is 0 Å². The summed E-state index contributed by atoms with van der Waals surface area (Å²) in [5.74, 6) is 0.662. The maximum Gasteiger partial charge on any atom is 0.117 e. The second kappa shape index (κ2) is 5.26. The minimum absolute atomic E-state index is 0.165. The molecule has 0 saturated carbocycles. The van der Waals surface area contributed by atoms with Gasteiger partial charge in [0.1, 0.15) is 5.03 Å². The largest absolute Gasteiger partial charge is 0.396 e. The predicted octanol–water partition coefficient (Wildman–Crippen LogP) is 1.04. The maximum absolute atomic E-state index is 8.73. The summed E-state index contributed by atoms with van der Waals surface area (Å²) in [5.41, 5.74) is 7.68. The van der Waals surface area contributed by atoms with Gasteiger partial charge in [-0.1, -0.05) is 13.3 Å². The summed E-state index contributed by atoms with van der Waals surface area (Å²) in [5, 5.41) is 14.0. The van der Waals surface area contributed by atoms with Crippen molar-refractivity contribution in [3.63, 3.8) is 0 Å². The smallest absolute Gasteiger partial charge is 0.117 e. The Morgan fingerprint density at radius 3 is 2.86 bits per heavy atom. The van der Waals surface area contributed by atoms with Gasteiger partial charge in [-0.25, -0.2) is 0 Å². The number of nitrogens with zero attached hydrogens (tertiary/aromatic N) is 2. The number of aromatic nitrogens is 2. The number of anilines is 1. The van der Waals surface area contributed by atoms with Crippen LogP contribution in [-0.4, -0.2) is 27.2 Å². The minimum Gasteiger partial charge on any atom is -0.396 e. The van der Waals surface area contributed by atoms with Crippen molar-refractivity contribution in [2.24, 2.45) is 7.05 Å². The van der Waals surface area contributed by atoms with Gasteiger partial charge in [-0.05, 0) is 6.42 Å². The first-order valence-corrected chi connectivity index (χ1v) is 5.74. The molecule has 1 rings (SSSR count). The summed E-state index contributed by atoms with van der Waals surface area (Å²) in [6.07, 6.45) is 1.96. The van der Waals surface area contributed by atoms with Crippen LogP contribution in [0.3, 0.4) is 0 Å². The van der Waals surface area contributed by atoms with Gasteiger partial charge in [0.15, 0.2) is 0 Å². The van der Waals surface area contributed by atoms with Crippen LogP contribution in [-0.2, 0) is 13.5 Å². The SMILES string of the molecule is CCCc1nn(C)c(SCCO)c1N. The standard InChI is InChI=1S/C9H17N3OS/c1-3-4-7-8(10)9(12(2)11-7)14-6-5-13/h13H,3-6,10H2,1-2H3. The Hall–Kier alpha value is -0.680. The molecule has 0 unspecified atom stereocenters. The summed E-state index contributed by atoms with van der Waals surface area (Å²) in [7, 11) is 1.88. The third kappa shape index (κ3) is 2.42. The highest BCUT2D eigenvalue weighted by molar-refractivity contribution is 7.99. The quantitative estimate of drug-likeness (QED) is 0.720. The molecule has 0 aliphatic rings. The summed E-state index contributed by atoms with van der Waals surface area (Å²) in [6.45, 7) is 2.27. The zero-order valence-electron chi connectivity index (χ0n) is 8.66. The van der Waals surface area contributed by atoms with Gasteiger partial charge in [-0.15, -0.1) is 11.8 Å². The van der Waals surface area contributed by atoms with E-state index in [-0.39, 0.29) is 6.61 Å². The van der Waals surface area contributed by atoms with E-state index < -0.39 is 0 Å². The topological polar surface area (TPSA) is 64.1 Å². The van der Waals surface area contributed by atoms with Crippen LogP contribution in [0.2, 0.25) is 0 Å². The molecule has 0 atom stereocenters. The first-order valence-electron chi connectivity index (χ1n) is 4.75. The molecule has 0 fully saturated rings. The van der Waals surface area contributed by atoms with Gasteiger partial charge >= 0.3 is 0 Å². The highest BCUT2D eigenvalue weighted by atomic mass is 32.2. The Bertz CT molecular complexity index is 298. The van der Waals surface area contributed by atoms with Crippen LogP contribution in [0.15, 0.2) is 5.03 Å². The molecular weight excluding hydrogens is 198 g/mol. The number of aliphatic hydroxyl groups excluding tert-OH is 1.